The van der Waals surface area contributed by atoms with Gasteiger partial charge in [-0.3, -0.25) is 10.8 Å². The van der Waals surface area contributed by atoms with Crippen LogP contribution in [0.15, 0.2) is 41.0 Å². The summed E-state index contributed by atoms with van der Waals surface area (Å²) in [6.07, 6.45) is 1.74. The number of halogens is 1. The number of aromatic nitrogens is 1. The highest BCUT2D eigenvalue weighted by Gasteiger charge is 2.20. The molecule has 2 heterocycles. The molecule has 5 nitrogen and oxygen atoms in total. The van der Waals surface area contributed by atoms with E-state index in [2.05, 4.69) is 26.3 Å². The third-order valence-electron chi connectivity index (χ3n) is 3.13. The largest absolute Gasteiger partial charge is 0.486 e. The van der Waals surface area contributed by atoms with Crippen LogP contribution in [0.25, 0.3) is 0 Å². The zero-order valence-corrected chi connectivity index (χ0v) is 12.3. The van der Waals surface area contributed by atoms with Crippen LogP contribution in [0.2, 0.25) is 0 Å². The number of nitrogens with zero attached hydrogens (tertiary/aromatic N) is 1. The molecule has 1 atom stereocenters. The van der Waals surface area contributed by atoms with E-state index >= 15 is 0 Å². The van der Waals surface area contributed by atoms with Crippen LogP contribution in [0.4, 0.5) is 0 Å². The van der Waals surface area contributed by atoms with Gasteiger partial charge in [-0.05, 0) is 45.8 Å². The fourth-order valence-electron chi connectivity index (χ4n) is 2.18. The minimum Gasteiger partial charge on any atom is -0.486 e. The molecule has 0 spiro atoms. The van der Waals surface area contributed by atoms with Gasteiger partial charge in [0, 0.05) is 10.7 Å². The molecule has 104 valence electrons. The number of nitrogens with two attached hydrogens (primary N) is 1. The first kappa shape index (κ1) is 13.4. The van der Waals surface area contributed by atoms with Gasteiger partial charge >= 0.3 is 0 Å². The molecule has 0 radical (unpaired) electrons. The molecule has 0 aliphatic carbocycles. The maximum absolute atomic E-state index is 5.70. The van der Waals surface area contributed by atoms with Crippen LogP contribution in [-0.2, 0) is 0 Å². The van der Waals surface area contributed by atoms with Crippen molar-refractivity contribution in [1.82, 2.24) is 10.4 Å². The Morgan fingerprint density at radius 2 is 2.00 bits per heavy atom. The maximum atomic E-state index is 5.70. The Bertz CT molecular complexity index is 621. The topological polar surface area (TPSA) is 69.4 Å². The Hall–Kier alpha value is -1.63. The van der Waals surface area contributed by atoms with Gasteiger partial charge in [-0.25, -0.2) is 5.43 Å². The van der Waals surface area contributed by atoms with Crippen molar-refractivity contribution in [2.45, 2.75) is 6.04 Å². The normalized spacial score (nSPS) is 14.9. The van der Waals surface area contributed by atoms with Gasteiger partial charge in [0.15, 0.2) is 11.5 Å². The van der Waals surface area contributed by atoms with Crippen LogP contribution in [0.5, 0.6) is 11.5 Å². The molecular weight excluding hydrogens is 322 g/mol. The summed E-state index contributed by atoms with van der Waals surface area (Å²) in [7, 11) is 0. The van der Waals surface area contributed by atoms with E-state index in [1.165, 1.54) is 0 Å². The van der Waals surface area contributed by atoms with Gasteiger partial charge in [-0.1, -0.05) is 6.07 Å². The number of hydrogen-bond donors (Lipinski definition) is 2. The van der Waals surface area contributed by atoms with Crippen LogP contribution in [-0.4, -0.2) is 18.2 Å². The van der Waals surface area contributed by atoms with Crippen molar-refractivity contribution in [3.63, 3.8) is 0 Å². The van der Waals surface area contributed by atoms with Crippen molar-refractivity contribution in [3.05, 3.63) is 52.3 Å². The van der Waals surface area contributed by atoms with E-state index in [-0.39, 0.29) is 6.04 Å². The molecule has 0 amide bonds. The lowest BCUT2D eigenvalue weighted by Crippen LogP contribution is -2.30. The van der Waals surface area contributed by atoms with Gasteiger partial charge in [-0.2, -0.15) is 0 Å². The fraction of sp³-hybridized carbons (Fsp3) is 0.214. The minimum absolute atomic E-state index is 0.221. The number of pyridine rings is 1. The molecule has 1 unspecified atom stereocenters. The van der Waals surface area contributed by atoms with E-state index < -0.39 is 0 Å². The van der Waals surface area contributed by atoms with Crippen molar-refractivity contribution in [1.29, 1.82) is 0 Å². The summed E-state index contributed by atoms with van der Waals surface area (Å²) >= 11 is 3.50. The van der Waals surface area contributed by atoms with Crippen LogP contribution in [0.3, 0.4) is 0 Å². The van der Waals surface area contributed by atoms with Gasteiger partial charge in [-0.15, -0.1) is 0 Å². The van der Waals surface area contributed by atoms with E-state index in [1.54, 1.807) is 6.20 Å². The highest BCUT2D eigenvalue weighted by Crippen LogP contribution is 2.34. The third-order valence-corrected chi connectivity index (χ3v) is 3.80. The average molecular weight is 336 g/mol. The molecule has 1 aromatic heterocycles. The van der Waals surface area contributed by atoms with Crippen LogP contribution < -0.4 is 20.7 Å². The van der Waals surface area contributed by atoms with Gasteiger partial charge in [0.1, 0.15) is 13.2 Å². The van der Waals surface area contributed by atoms with Crippen LogP contribution in [0, 0.1) is 0 Å². The Morgan fingerprint density at radius 1 is 1.20 bits per heavy atom. The molecule has 1 aromatic carbocycles. The number of ether oxygens (including phenoxy) is 2. The van der Waals surface area contributed by atoms with Gasteiger partial charge in [0.05, 0.1) is 11.7 Å². The molecule has 3 rings (SSSR count). The molecular formula is C14H14BrN3O2. The first-order valence-electron chi connectivity index (χ1n) is 6.25. The van der Waals surface area contributed by atoms with E-state index in [9.17, 15) is 0 Å². The molecule has 20 heavy (non-hydrogen) atoms. The van der Waals surface area contributed by atoms with Gasteiger partial charge in [0.2, 0.25) is 0 Å². The van der Waals surface area contributed by atoms with E-state index in [0.717, 1.165) is 27.2 Å². The summed E-state index contributed by atoms with van der Waals surface area (Å²) in [6, 6.07) is 9.36. The summed E-state index contributed by atoms with van der Waals surface area (Å²) in [5.41, 5.74) is 4.59. The first-order valence-corrected chi connectivity index (χ1v) is 7.05. The van der Waals surface area contributed by atoms with E-state index in [0.29, 0.717) is 13.2 Å². The second-order valence-electron chi connectivity index (χ2n) is 4.37. The van der Waals surface area contributed by atoms with Crippen LogP contribution >= 0.6 is 15.9 Å². The Morgan fingerprint density at radius 3 is 2.75 bits per heavy atom. The van der Waals surface area contributed by atoms with E-state index in [4.69, 9.17) is 15.3 Å². The lowest BCUT2D eigenvalue weighted by atomic mass is 10.0. The SMILES string of the molecule is NNC(c1ccc2c(c1)OCCO2)c1ncccc1Br. The summed E-state index contributed by atoms with van der Waals surface area (Å²) < 4.78 is 12.0. The molecule has 3 N–H and O–H groups in total. The van der Waals surface area contributed by atoms with Crippen molar-refractivity contribution in [2.24, 2.45) is 5.84 Å². The summed E-state index contributed by atoms with van der Waals surface area (Å²) in [5.74, 6) is 7.20. The highest BCUT2D eigenvalue weighted by molar-refractivity contribution is 9.10. The second kappa shape index (κ2) is 5.78. The van der Waals surface area contributed by atoms with E-state index in [1.807, 2.05) is 30.3 Å². The maximum Gasteiger partial charge on any atom is 0.161 e. The van der Waals surface area contributed by atoms with Gasteiger partial charge < -0.3 is 9.47 Å². The summed E-state index contributed by atoms with van der Waals surface area (Å²) in [5, 5.41) is 0. The summed E-state index contributed by atoms with van der Waals surface area (Å²) in [4.78, 5) is 4.38. The van der Waals surface area contributed by atoms with Crippen molar-refractivity contribution < 1.29 is 9.47 Å². The Labute approximate surface area is 125 Å². The smallest absolute Gasteiger partial charge is 0.161 e. The van der Waals surface area contributed by atoms with Gasteiger partial charge in [0.25, 0.3) is 0 Å². The molecule has 6 heteroatoms. The zero-order chi connectivity index (χ0) is 13.9. The van der Waals surface area contributed by atoms with Crippen molar-refractivity contribution in [2.75, 3.05) is 13.2 Å². The quantitative estimate of drug-likeness (QED) is 0.664. The second-order valence-corrected chi connectivity index (χ2v) is 5.23. The number of hydrazine groups is 1. The minimum atomic E-state index is -0.221. The fourth-order valence-corrected chi connectivity index (χ4v) is 2.67. The monoisotopic (exact) mass is 335 g/mol. The summed E-state index contributed by atoms with van der Waals surface area (Å²) in [6.45, 7) is 1.14. The van der Waals surface area contributed by atoms with Crippen molar-refractivity contribution in [3.8, 4) is 11.5 Å². The Balaban J connectivity index is 1.99. The molecule has 1 aliphatic heterocycles. The zero-order valence-electron chi connectivity index (χ0n) is 10.7. The Kier molecular flexibility index (Phi) is 3.86. The molecule has 0 bridgehead atoms. The first-order chi connectivity index (χ1) is 9.79. The number of benzene rings is 1. The molecule has 1 aliphatic rings. The average Bonchev–Trinajstić information content (AvgIpc) is 2.50. The number of nitrogens with one attached hydrogen (secondary N) is 1. The van der Waals surface area contributed by atoms with Crippen LogP contribution in [0.1, 0.15) is 17.3 Å². The molecule has 2 aromatic rings. The molecule has 0 saturated carbocycles. The highest BCUT2D eigenvalue weighted by atomic mass is 79.9. The number of hydrogen-bond acceptors (Lipinski definition) is 5. The number of rotatable bonds is 3. The lowest BCUT2D eigenvalue weighted by molar-refractivity contribution is 0.171. The standard InChI is InChI=1S/C14H14BrN3O2/c15-10-2-1-5-17-14(10)13(18-16)9-3-4-11-12(8-9)20-7-6-19-11/h1-5,8,13,18H,6-7,16H2. The third kappa shape index (κ3) is 2.49. The lowest BCUT2D eigenvalue weighted by Gasteiger charge is -2.22. The predicted molar refractivity (Wildman–Crippen MR) is 78.5 cm³/mol. The molecule has 0 fully saturated rings. The molecule has 0 saturated heterocycles. The number of fused-ring (bicyclic) bond motifs is 1. The predicted octanol–water partition coefficient (Wildman–Crippen LogP) is 2.17. The van der Waals surface area contributed by atoms with Crippen molar-refractivity contribution >= 4 is 15.9 Å².